The molecule has 5 heteroatoms. The maximum Gasteiger partial charge on any atom is 0.313 e. The minimum absolute atomic E-state index is 0.0357. The van der Waals surface area contributed by atoms with Crippen molar-refractivity contribution in [3.63, 3.8) is 0 Å². The van der Waals surface area contributed by atoms with Gasteiger partial charge in [-0.2, -0.15) is 0 Å². The predicted molar refractivity (Wildman–Crippen MR) is 101 cm³/mol. The van der Waals surface area contributed by atoms with Gasteiger partial charge in [-0.1, -0.05) is 60.7 Å². The molecule has 4 nitrogen and oxygen atoms in total. The Morgan fingerprint density at radius 3 is 2.16 bits per heavy atom. The lowest BCUT2D eigenvalue weighted by Gasteiger charge is -2.10. The fourth-order valence-electron chi connectivity index (χ4n) is 2.82. The molecule has 0 unspecified atom stereocenters. The molecule has 4 rings (SSSR count). The van der Waals surface area contributed by atoms with Crippen LogP contribution < -0.4 is 4.18 Å². The maximum absolute atomic E-state index is 11.4. The van der Waals surface area contributed by atoms with Crippen LogP contribution in [0.5, 0.6) is 5.75 Å². The van der Waals surface area contributed by atoms with E-state index >= 15 is 0 Å². The second-order valence-corrected chi connectivity index (χ2v) is 6.31. The number of hydrogen-bond donors (Lipinski definition) is 0. The van der Waals surface area contributed by atoms with Crippen molar-refractivity contribution in [2.75, 3.05) is 0 Å². The molecule has 0 aromatic heterocycles. The van der Waals surface area contributed by atoms with Gasteiger partial charge in [0.05, 0.1) is 21.9 Å². The Hall–Kier alpha value is -3.05. The van der Waals surface area contributed by atoms with E-state index in [0.29, 0.717) is 0 Å². The molecule has 0 fully saturated rings. The van der Waals surface area contributed by atoms with Crippen molar-refractivity contribution < 1.29 is 9.11 Å². The van der Waals surface area contributed by atoms with Gasteiger partial charge < -0.3 is 4.18 Å². The van der Waals surface area contributed by atoms with Gasteiger partial charge in [0.2, 0.25) is 5.75 Å². The summed E-state index contributed by atoms with van der Waals surface area (Å²) in [6.45, 7) is 0. The second kappa shape index (κ2) is 6.45. The van der Waals surface area contributed by atoms with Crippen molar-refractivity contribution in [2.45, 2.75) is 4.90 Å². The summed E-state index contributed by atoms with van der Waals surface area (Å²) in [7, 11) is 0. The third kappa shape index (κ3) is 2.90. The lowest BCUT2D eigenvalue weighted by Crippen LogP contribution is -1.94. The van der Waals surface area contributed by atoms with Crippen LogP contribution in [-0.4, -0.2) is 4.92 Å². The number of hydrogen-bond acceptors (Lipinski definition) is 4. The van der Waals surface area contributed by atoms with E-state index in [-0.39, 0.29) is 11.4 Å². The highest BCUT2D eigenvalue weighted by Crippen LogP contribution is 2.39. The topological polar surface area (TPSA) is 52.4 Å². The van der Waals surface area contributed by atoms with E-state index < -0.39 is 4.92 Å². The van der Waals surface area contributed by atoms with Crippen molar-refractivity contribution in [3.05, 3.63) is 89.0 Å². The first-order chi connectivity index (χ1) is 12.2. The summed E-state index contributed by atoms with van der Waals surface area (Å²) < 4.78 is 5.88. The normalized spacial score (nSPS) is 10.9. The molecule has 0 radical (unpaired) electrons. The molecular formula is C20H13NO3S. The molecule has 0 aliphatic carbocycles. The zero-order chi connectivity index (χ0) is 17.2. The summed E-state index contributed by atoms with van der Waals surface area (Å²) in [6.07, 6.45) is 0. The fourth-order valence-corrected chi connectivity index (χ4v) is 3.58. The standard InChI is InChI=1S/C20H13NO3S/c22-21(23)18-13-12-15-7-2-4-10-17(15)20(18)24-25-19-11-5-8-14-6-1-3-9-16(14)19/h1-13H. The molecule has 4 aromatic carbocycles. The Bertz CT molecular complexity index is 1090. The number of nitrogens with zero attached hydrogens (tertiary/aromatic N) is 1. The van der Waals surface area contributed by atoms with Crippen molar-refractivity contribution in [1.82, 2.24) is 0 Å². The summed E-state index contributed by atoms with van der Waals surface area (Å²) in [6, 6.07) is 24.6. The SMILES string of the molecule is O=[N+]([O-])c1ccc2ccccc2c1OSc1cccc2ccccc12. The van der Waals surface area contributed by atoms with E-state index in [1.165, 1.54) is 6.07 Å². The van der Waals surface area contributed by atoms with Crippen LogP contribution in [0.25, 0.3) is 21.5 Å². The number of benzene rings is 4. The van der Waals surface area contributed by atoms with Crippen LogP contribution in [0.1, 0.15) is 0 Å². The van der Waals surface area contributed by atoms with Crippen molar-refractivity contribution >= 4 is 39.3 Å². The van der Waals surface area contributed by atoms with Crippen LogP contribution in [0.4, 0.5) is 5.69 Å². The first kappa shape index (κ1) is 15.5. The minimum Gasteiger partial charge on any atom is -0.413 e. The summed E-state index contributed by atoms with van der Waals surface area (Å²) in [5.41, 5.74) is -0.0357. The van der Waals surface area contributed by atoms with E-state index in [1.807, 2.05) is 66.7 Å². The van der Waals surface area contributed by atoms with E-state index in [0.717, 1.165) is 38.5 Å². The molecule has 0 saturated heterocycles. The van der Waals surface area contributed by atoms with Crippen LogP contribution in [0.15, 0.2) is 83.8 Å². The van der Waals surface area contributed by atoms with Gasteiger partial charge in [0, 0.05) is 11.5 Å². The zero-order valence-electron chi connectivity index (χ0n) is 13.1. The Balaban J connectivity index is 1.77. The van der Waals surface area contributed by atoms with Gasteiger partial charge in [-0.3, -0.25) is 10.1 Å². The van der Waals surface area contributed by atoms with E-state index in [1.54, 1.807) is 6.07 Å². The molecule has 0 bridgehead atoms. The Labute approximate surface area is 148 Å². The van der Waals surface area contributed by atoms with E-state index in [9.17, 15) is 10.1 Å². The molecule has 0 saturated carbocycles. The molecule has 0 aliphatic heterocycles. The lowest BCUT2D eigenvalue weighted by molar-refractivity contribution is -0.385. The number of nitro groups is 1. The predicted octanol–water partition coefficient (Wildman–Crippen LogP) is 5.99. The summed E-state index contributed by atoms with van der Waals surface area (Å²) >= 11 is 1.14. The van der Waals surface area contributed by atoms with Gasteiger partial charge >= 0.3 is 5.69 Å². The minimum atomic E-state index is -0.411. The molecule has 4 aromatic rings. The smallest absolute Gasteiger partial charge is 0.313 e. The van der Waals surface area contributed by atoms with Crippen LogP contribution in [0, 0.1) is 10.1 Å². The molecule has 0 heterocycles. The quantitative estimate of drug-likeness (QED) is 0.258. The second-order valence-electron chi connectivity index (χ2n) is 5.54. The van der Waals surface area contributed by atoms with Crippen LogP contribution in [-0.2, 0) is 0 Å². The van der Waals surface area contributed by atoms with Gasteiger partial charge in [-0.05, 0) is 28.3 Å². The molecule has 25 heavy (non-hydrogen) atoms. The molecule has 0 spiro atoms. The highest BCUT2D eigenvalue weighted by molar-refractivity contribution is 7.95. The van der Waals surface area contributed by atoms with Gasteiger partial charge in [0.1, 0.15) is 0 Å². The van der Waals surface area contributed by atoms with Crippen LogP contribution in [0.3, 0.4) is 0 Å². The maximum atomic E-state index is 11.4. The van der Waals surface area contributed by atoms with Gasteiger partial charge in [0.25, 0.3) is 0 Å². The molecule has 0 N–H and O–H groups in total. The van der Waals surface area contributed by atoms with Gasteiger partial charge in [-0.25, -0.2) is 0 Å². The number of fused-ring (bicyclic) bond motifs is 2. The zero-order valence-corrected chi connectivity index (χ0v) is 13.9. The Morgan fingerprint density at radius 1 is 0.760 bits per heavy atom. The monoisotopic (exact) mass is 347 g/mol. The Kier molecular flexibility index (Phi) is 3.99. The van der Waals surface area contributed by atoms with Crippen LogP contribution in [0.2, 0.25) is 0 Å². The highest BCUT2D eigenvalue weighted by atomic mass is 32.2. The molecule has 122 valence electrons. The Morgan fingerprint density at radius 2 is 1.40 bits per heavy atom. The fraction of sp³-hybridized carbons (Fsp3) is 0. The van der Waals surface area contributed by atoms with Gasteiger partial charge in [-0.15, -0.1) is 0 Å². The average molecular weight is 347 g/mol. The molecular weight excluding hydrogens is 334 g/mol. The summed E-state index contributed by atoms with van der Waals surface area (Å²) in [5.74, 6) is 0.279. The average Bonchev–Trinajstić information content (AvgIpc) is 2.65. The van der Waals surface area contributed by atoms with Crippen molar-refractivity contribution in [3.8, 4) is 5.75 Å². The molecule has 0 aliphatic rings. The van der Waals surface area contributed by atoms with E-state index in [2.05, 4.69) is 0 Å². The summed E-state index contributed by atoms with van der Waals surface area (Å²) in [5, 5.41) is 15.2. The molecule has 0 amide bonds. The number of rotatable bonds is 4. The molecule has 0 atom stereocenters. The van der Waals surface area contributed by atoms with E-state index in [4.69, 9.17) is 4.18 Å². The van der Waals surface area contributed by atoms with Crippen molar-refractivity contribution in [1.29, 1.82) is 0 Å². The van der Waals surface area contributed by atoms with Crippen molar-refractivity contribution in [2.24, 2.45) is 0 Å². The first-order valence-electron chi connectivity index (χ1n) is 7.72. The third-order valence-corrected chi connectivity index (χ3v) is 4.81. The lowest BCUT2D eigenvalue weighted by atomic mass is 10.1. The largest absolute Gasteiger partial charge is 0.413 e. The number of nitro benzene ring substituents is 1. The van der Waals surface area contributed by atoms with Crippen LogP contribution >= 0.6 is 12.0 Å². The summed E-state index contributed by atoms with van der Waals surface area (Å²) in [4.78, 5) is 11.9. The van der Waals surface area contributed by atoms with Gasteiger partial charge in [0.15, 0.2) is 0 Å². The first-order valence-corrected chi connectivity index (χ1v) is 8.46. The highest BCUT2D eigenvalue weighted by Gasteiger charge is 2.19. The third-order valence-electron chi connectivity index (χ3n) is 4.02.